The number of carbonyl (C=O) groups excluding carboxylic acids is 2. The molecule has 9 heteroatoms. The Morgan fingerprint density at radius 3 is 2.32 bits per heavy atom. The number of rotatable bonds is 3. The number of halogens is 3. The average molecular weight is 390 g/mol. The number of benzene rings is 2. The van der Waals surface area contributed by atoms with E-state index in [1.54, 1.807) is 0 Å². The zero-order valence-corrected chi connectivity index (χ0v) is 14.4. The van der Waals surface area contributed by atoms with E-state index < -0.39 is 23.6 Å². The molecule has 28 heavy (non-hydrogen) atoms. The van der Waals surface area contributed by atoms with Gasteiger partial charge in [-0.2, -0.15) is 13.2 Å². The molecule has 0 unspecified atom stereocenters. The number of fused-ring (bicyclic) bond motifs is 1. The number of amides is 1. The molecule has 1 amide bonds. The van der Waals surface area contributed by atoms with Gasteiger partial charge in [-0.1, -0.05) is 0 Å². The highest BCUT2D eigenvalue weighted by atomic mass is 19.4. The van der Waals surface area contributed by atoms with Crippen molar-refractivity contribution in [3.63, 3.8) is 0 Å². The van der Waals surface area contributed by atoms with Gasteiger partial charge >= 0.3 is 12.1 Å². The molecular formula is C19H13F3N2O4. The van der Waals surface area contributed by atoms with Crippen molar-refractivity contribution in [1.82, 2.24) is 0 Å². The second kappa shape index (κ2) is 7.18. The number of hydrogen-bond donors (Lipinski definition) is 1. The molecule has 0 saturated carbocycles. The molecule has 0 bridgehead atoms. The second-order valence-corrected chi connectivity index (χ2v) is 5.73. The van der Waals surface area contributed by atoms with Crippen molar-refractivity contribution >= 4 is 28.5 Å². The van der Waals surface area contributed by atoms with Crippen LogP contribution in [0.4, 0.5) is 18.9 Å². The van der Waals surface area contributed by atoms with E-state index in [0.717, 1.165) is 18.2 Å². The minimum Gasteiger partial charge on any atom is -0.465 e. The number of ether oxygens (including phenoxy) is 1. The quantitative estimate of drug-likeness (QED) is 0.692. The second-order valence-electron chi connectivity index (χ2n) is 5.73. The van der Waals surface area contributed by atoms with E-state index in [4.69, 9.17) is 10.2 Å². The Bertz CT molecular complexity index is 1130. The predicted molar refractivity (Wildman–Crippen MR) is 92.7 cm³/mol. The summed E-state index contributed by atoms with van der Waals surface area (Å²) in [6.45, 7) is 0. The maximum atomic E-state index is 12.9. The molecular weight excluding hydrogens is 377 g/mol. The van der Waals surface area contributed by atoms with E-state index in [-0.39, 0.29) is 22.1 Å². The van der Waals surface area contributed by atoms with E-state index in [2.05, 4.69) is 9.73 Å². The molecule has 2 N–H and O–H groups in total. The summed E-state index contributed by atoms with van der Waals surface area (Å²) in [4.78, 5) is 27.4. The minimum atomic E-state index is -4.54. The van der Waals surface area contributed by atoms with Gasteiger partial charge in [-0.15, -0.1) is 0 Å². The Morgan fingerprint density at radius 1 is 1.07 bits per heavy atom. The SMILES string of the molecule is COC(=O)c1ccc(/N=c2\oc3ccc(C(F)(F)F)cc3cc2C(N)=O)cc1. The van der Waals surface area contributed by atoms with Crippen molar-refractivity contribution in [2.24, 2.45) is 10.7 Å². The van der Waals surface area contributed by atoms with Crippen molar-refractivity contribution in [3.8, 4) is 0 Å². The summed E-state index contributed by atoms with van der Waals surface area (Å²) in [5.41, 5.74) is 4.84. The zero-order chi connectivity index (χ0) is 20.5. The first-order chi connectivity index (χ1) is 13.2. The highest BCUT2D eigenvalue weighted by Gasteiger charge is 2.30. The van der Waals surface area contributed by atoms with Crippen LogP contribution in [-0.4, -0.2) is 19.0 Å². The van der Waals surface area contributed by atoms with Crippen molar-refractivity contribution < 1.29 is 31.9 Å². The smallest absolute Gasteiger partial charge is 0.416 e. The van der Waals surface area contributed by atoms with Gasteiger partial charge in [0.2, 0.25) is 5.55 Å². The summed E-state index contributed by atoms with van der Waals surface area (Å²) in [6, 6.07) is 9.97. The van der Waals surface area contributed by atoms with E-state index in [0.29, 0.717) is 11.3 Å². The van der Waals surface area contributed by atoms with Gasteiger partial charge in [0.15, 0.2) is 0 Å². The van der Waals surface area contributed by atoms with Crippen LogP contribution < -0.4 is 11.3 Å². The fourth-order valence-corrected chi connectivity index (χ4v) is 2.47. The summed E-state index contributed by atoms with van der Waals surface area (Å²) in [7, 11) is 1.25. The third-order valence-electron chi connectivity index (χ3n) is 3.86. The van der Waals surface area contributed by atoms with Crippen molar-refractivity contribution in [2.75, 3.05) is 7.11 Å². The molecule has 2 aromatic carbocycles. The zero-order valence-electron chi connectivity index (χ0n) is 14.4. The lowest BCUT2D eigenvalue weighted by molar-refractivity contribution is -0.137. The Labute approximate surface area is 156 Å². The van der Waals surface area contributed by atoms with E-state index in [1.807, 2.05) is 0 Å². The van der Waals surface area contributed by atoms with E-state index >= 15 is 0 Å². The fourth-order valence-electron chi connectivity index (χ4n) is 2.47. The molecule has 0 fully saturated rings. The Kier molecular flexibility index (Phi) is 4.91. The van der Waals surface area contributed by atoms with Crippen LogP contribution in [0.15, 0.2) is 57.9 Å². The van der Waals surface area contributed by atoms with Crippen LogP contribution in [0.5, 0.6) is 0 Å². The number of alkyl halides is 3. The first-order valence-electron chi connectivity index (χ1n) is 7.87. The number of methoxy groups -OCH3 is 1. The van der Waals surface area contributed by atoms with Gasteiger partial charge < -0.3 is 14.9 Å². The number of esters is 1. The van der Waals surface area contributed by atoms with Crippen LogP contribution in [0, 0.1) is 0 Å². The molecule has 0 radical (unpaired) electrons. The molecule has 0 aliphatic heterocycles. The van der Waals surface area contributed by atoms with Crippen molar-refractivity contribution in [3.05, 3.63) is 70.8 Å². The third-order valence-corrected chi connectivity index (χ3v) is 3.86. The van der Waals surface area contributed by atoms with Crippen LogP contribution in [0.2, 0.25) is 0 Å². The molecule has 0 spiro atoms. The first kappa shape index (κ1) is 19.2. The Hall–Kier alpha value is -3.62. The molecule has 3 aromatic rings. The maximum Gasteiger partial charge on any atom is 0.416 e. The summed E-state index contributed by atoms with van der Waals surface area (Å²) in [5, 5.41) is 0.0589. The highest BCUT2D eigenvalue weighted by Crippen LogP contribution is 2.31. The van der Waals surface area contributed by atoms with Gasteiger partial charge in [-0.3, -0.25) is 4.79 Å². The van der Waals surface area contributed by atoms with Crippen molar-refractivity contribution in [1.29, 1.82) is 0 Å². The van der Waals surface area contributed by atoms with Crippen LogP contribution in [0.25, 0.3) is 11.0 Å². The van der Waals surface area contributed by atoms with Crippen molar-refractivity contribution in [2.45, 2.75) is 6.18 Å². The van der Waals surface area contributed by atoms with Gasteiger partial charge in [-0.25, -0.2) is 9.79 Å². The largest absolute Gasteiger partial charge is 0.465 e. The first-order valence-corrected chi connectivity index (χ1v) is 7.87. The number of primary amides is 1. The summed E-state index contributed by atoms with van der Waals surface area (Å²) in [6.07, 6.45) is -4.54. The molecule has 0 aliphatic carbocycles. The van der Waals surface area contributed by atoms with Crippen LogP contribution in [-0.2, 0) is 10.9 Å². The van der Waals surface area contributed by atoms with E-state index in [9.17, 15) is 22.8 Å². The molecule has 0 atom stereocenters. The van der Waals surface area contributed by atoms with Gasteiger partial charge in [0.1, 0.15) is 11.1 Å². The minimum absolute atomic E-state index is 0.0589. The van der Waals surface area contributed by atoms with Crippen LogP contribution in [0.3, 0.4) is 0 Å². The molecule has 0 saturated heterocycles. The topological polar surface area (TPSA) is 94.9 Å². The van der Waals surface area contributed by atoms with Gasteiger partial charge in [0.25, 0.3) is 5.91 Å². The fraction of sp³-hybridized carbons (Fsp3) is 0.105. The highest BCUT2D eigenvalue weighted by molar-refractivity contribution is 5.95. The number of nitrogens with two attached hydrogens (primary N) is 1. The van der Waals surface area contributed by atoms with Gasteiger partial charge in [-0.05, 0) is 48.5 Å². The number of carbonyl (C=O) groups is 2. The average Bonchev–Trinajstić information content (AvgIpc) is 2.66. The molecule has 1 aromatic heterocycles. The normalized spacial score (nSPS) is 12.2. The Balaban J connectivity index is 2.14. The maximum absolute atomic E-state index is 12.9. The van der Waals surface area contributed by atoms with E-state index in [1.165, 1.54) is 37.4 Å². The standard InChI is InChI=1S/C19H13F3N2O4/c1-27-18(26)10-2-5-13(6-3-10)24-17-14(16(23)25)9-11-8-12(19(20,21)22)4-7-15(11)28-17/h2-9H,1H3,(H2,23,25)/b24-17-. The predicted octanol–water partition coefficient (Wildman–Crippen LogP) is 3.57. The lowest BCUT2D eigenvalue weighted by Crippen LogP contribution is -2.21. The molecule has 6 nitrogen and oxygen atoms in total. The molecule has 0 aliphatic rings. The van der Waals surface area contributed by atoms with Gasteiger partial charge in [0, 0.05) is 5.39 Å². The lowest BCUT2D eigenvalue weighted by Gasteiger charge is -2.08. The summed E-state index contributed by atoms with van der Waals surface area (Å²) in [5.74, 6) is -1.44. The number of nitrogens with zero attached hydrogens (tertiary/aromatic N) is 1. The summed E-state index contributed by atoms with van der Waals surface area (Å²) >= 11 is 0. The summed E-state index contributed by atoms with van der Waals surface area (Å²) < 4.78 is 48.7. The lowest BCUT2D eigenvalue weighted by atomic mass is 10.1. The monoisotopic (exact) mass is 390 g/mol. The third kappa shape index (κ3) is 3.88. The van der Waals surface area contributed by atoms with Crippen LogP contribution in [0.1, 0.15) is 26.3 Å². The molecule has 3 rings (SSSR count). The molecule has 144 valence electrons. The Morgan fingerprint density at radius 2 is 1.75 bits per heavy atom. The molecule has 1 heterocycles. The van der Waals surface area contributed by atoms with Crippen LogP contribution >= 0.6 is 0 Å². The van der Waals surface area contributed by atoms with Gasteiger partial charge in [0.05, 0.1) is 23.9 Å². The number of hydrogen-bond acceptors (Lipinski definition) is 5.